The molecule has 212 valence electrons. The first-order chi connectivity index (χ1) is 19.7. The first-order valence-electron chi connectivity index (χ1n) is 13.3. The Bertz CT molecular complexity index is 1510. The zero-order chi connectivity index (χ0) is 29.4. The monoisotopic (exact) mass is 553 g/mol. The molecule has 2 amide bonds. The van der Waals surface area contributed by atoms with Crippen LogP contribution in [0.5, 0.6) is 0 Å². The molecule has 0 aliphatic carbocycles. The first-order valence-corrected chi connectivity index (χ1v) is 13.3. The Hall–Kier alpha value is -4.45. The second-order valence-corrected chi connectivity index (χ2v) is 10.5. The molecule has 3 aromatic carbocycles. The molecule has 1 aliphatic heterocycles. The van der Waals surface area contributed by atoms with Crippen molar-refractivity contribution in [3.05, 3.63) is 88.5 Å². The number of carbonyl (C=O) groups is 2. The van der Waals surface area contributed by atoms with Gasteiger partial charge in [0.05, 0.1) is 31.2 Å². The SMILES string of the molecule is COCc1cc2c(c(COC)c1-c1ccccc1)C(c1cccc(C#CCNC(=O)OC(C)(C)C)c1)=NCC(=O)N2. The third-order valence-electron chi connectivity index (χ3n) is 6.14. The Morgan fingerprint density at radius 1 is 0.976 bits per heavy atom. The number of benzodiazepines with no additional fused rings is 1. The predicted molar refractivity (Wildman–Crippen MR) is 160 cm³/mol. The van der Waals surface area contributed by atoms with Gasteiger partial charge in [0.25, 0.3) is 0 Å². The number of anilines is 1. The number of nitrogens with zero attached hydrogens (tertiary/aromatic N) is 1. The van der Waals surface area contributed by atoms with Crippen molar-refractivity contribution in [3.8, 4) is 23.0 Å². The van der Waals surface area contributed by atoms with E-state index < -0.39 is 11.7 Å². The van der Waals surface area contributed by atoms with Gasteiger partial charge in [-0.2, -0.15) is 0 Å². The Labute approximate surface area is 241 Å². The van der Waals surface area contributed by atoms with Crippen LogP contribution >= 0.6 is 0 Å². The van der Waals surface area contributed by atoms with E-state index in [4.69, 9.17) is 19.2 Å². The van der Waals surface area contributed by atoms with Crippen LogP contribution in [0, 0.1) is 11.8 Å². The zero-order valence-electron chi connectivity index (χ0n) is 24.1. The molecular weight excluding hydrogens is 518 g/mol. The molecule has 0 saturated heterocycles. The Morgan fingerprint density at radius 2 is 1.71 bits per heavy atom. The van der Waals surface area contributed by atoms with Gasteiger partial charge in [-0.05, 0) is 61.2 Å². The minimum atomic E-state index is -0.579. The van der Waals surface area contributed by atoms with Gasteiger partial charge >= 0.3 is 6.09 Å². The van der Waals surface area contributed by atoms with Crippen LogP contribution in [0.25, 0.3) is 11.1 Å². The van der Waals surface area contributed by atoms with Crippen molar-refractivity contribution in [3.63, 3.8) is 0 Å². The van der Waals surface area contributed by atoms with Gasteiger partial charge in [-0.25, -0.2) is 4.79 Å². The second kappa shape index (κ2) is 13.3. The second-order valence-electron chi connectivity index (χ2n) is 10.5. The van der Waals surface area contributed by atoms with Crippen molar-refractivity contribution in [2.75, 3.05) is 32.6 Å². The Kier molecular flexibility index (Phi) is 9.56. The minimum Gasteiger partial charge on any atom is -0.444 e. The molecule has 0 aromatic heterocycles. The molecule has 0 spiro atoms. The van der Waals surface area contributed by atoms with Gasteiger partial charge in [0.15, 0.2) is 0 Å². The number of ether oxygens (including phenoxy) is 3. The summed E-state index contributed by atoms with van der Waals surface area (Å²) in [6, 6.07) is 19.7. The maximum absolute atomic E-state index is 12.8. The van der Waals surface area contributed by atoms with E-state index >= 15 is 0 Å². The van der Waals surface area contributed by atoms with Gasteiger partial charge in [-0.15, -0.1) is 0 Å². The highest BCUT2D eigenvalue weighted by Crippen LogP contribution is 2.38. The number of methoxy groups -OCH3 is 2. The van der Waals surface area contributed by atoms with Crippen LogP contribution < -0.4 is 10.6 Å². The van der Waals surface area contributed by atoms with Crippen molar-refractivity contribution >= 4 is 23.4 Å². The summed E-state index contributed by atoms with van der Waals surface area (Å²) < 4.78 is 16.5. The molecule has 8 heteroatoms. The molecular formula is C33H35N3O5. The number of carbonyl (C=O) groups excluding carboxylic acids is 2. The van der Waals surface area contributed by atoms with E-state index in [9.17, 15) is 9.59 Å². The Balaban J connectivity index is 1.78. The molecule has 0 unspecified atom stereocenters. The van der Waals surface area contributed by atoms with Crippen LogP contribution in [0.1, 0.15) is 48.6 Å². The molecule has 1 aliphatic rings. The van der Waals surface area contributed by atoms with Gasteiger partial charge in [0.1, 0.15) is 12.1 Å². The summed E-state index contributed by atoms with van der Waals surface area (Å²) in [5.41, 5.74) is 6.94. The third-order valence-corrected chi connectivity index (χ3v) is 6.14. The third kappa shape index (κ3) is 7.60. The highest BCUT2D eigenvalue weighted by atomic mass is 16.6. The molecule has 0 fully saturated rings. The quantitative estimate of drug-likeness (QED) is 0.387. The molecule has 8 nitrogen and oxygen atoms in total. The molecule has 2 N–H and O–H groups in total. The lowest BCUT2D eigenvalue weighted by Gasteiger charge is -2.22. The van der Waals surface area contributed by atoms with Crippen molar-refractivity contribution in [2.24, 2.45) is 4.99 Å². The number of nitrogens with one attached hydrogen (secondary N) is 2. The first kappa shape index (κ1) is 29.5. The molecule has 0 bridgehead atoms. The van der Waals surface area contributed by atoms with E-state index in [-0.39, 0.29) is 19.0 Å². The van der Waals surface area contributed by atoms with Crippen LogP contribution in [0.15, 0.2) is 65.7 Å². The minimum absolute atomic E-state index is 0.0214. The molecule has 1 heterocycles. The fourth-order valence-corrected chi connectivity index (χ4v) is 4.67. The molecule has 41 heavy (non-hydrogen) atoms. The summed E-state index contributed by atoms with van der Waals surface area (Å²) in [5.74, 6) is 5.86. The average molecular weight is 554 g/mol. The normalized spacial score (nSPS) is 12.7. The largest absolute Gasteiger partial charge is 0.444 e. The Morgan fingerprint density at radius 3 is 2.41 bits per heavy atom. The summed E-state index contributed by atoms with van der Waals surface area (Å²) in [5, 5.41) is 5.68. The molecule has 3 aromatic rings. The van der Waals surface area contributed by atoms with Crippen molar-refractivity contribution in [1.29, 1.82) is 0 Å². The van der Waals surface area contributed by atoms with E-state index in [1.54, 1.807) is 35.0 Å². The van der Waals surface area contributed by atoms with Crippen LogP contribution in [-0.2, 0) is 32.2 Å². The van der Waals surface area contributed by atoms with Gasteiger partial charge in [0.2, 0.25) is 5.91 Å². The fourth-order valence-electron chi connectivity index (χ4n) is 4.67. The van der Waals surface area contributed by atoms with Crippen molar-refractivity contribution in [2.45, 2.75) is 39.6 Å². The number of fused-ring (bicyclic) bond motifs is 1. The maximum atomic E-state index is 12.8. The van der Waals surface area contributed by atoms with E-state index in [1.165, 1.54) is 0 Å². The number of benzene rings is 3. The predicted octanol–water partition coefficient (Wildman–Crippen LogP) is 5.31. The summed E-state index contributed by atoms with van der Waals surface area (Å²) in [6.45, 7) is 6.20. The molecule has 0 saturated carbocycles. The standard InChI is InChI=1S/C33H35N3O5/c1-33(2,3)41-32(38)34-16-10-12-22-11-9-15-24(17-22)31-30-26(21-40-5)29(23-13-7-6-8-14-23)25(20-39-4)18-27(30)36-28(37)19-35-31/h6-9,11,13-15,17-18H,16,19-21H2,1-5H3,(H,34,38)(H,36,37). The highest BCUT2D eigenvalue weighted by Gasteiger charge is 2.26. The number of hydrogen-bond acceptors (Lipinski definition) is 6. The lowest BCUT2D eigenvalue weighted by atomic mass is 9.86. The van der Waals surface area contributed by atoms with Crippen molar-refractivity contribution < 1.29 is 23.8 Å². The zero-order valence-corrected chi connectivity index (χ0v) is 24.1. The number of rotatable bonds is 7. The number of aliphatic imine (C=N–C) groups is 1. The van der Waals surface area contributed by atoms with E-state index in [0.717, 1.165) is 38.9 Å². The number of amides is 2. The lowest BCUT2D eigenvalue weighted by Crippen LogP contribution is -2.32. The van der Waals surface area contributed by atoms with Gasteiger partial charge in [-0.1, -0.05) is 54.3 Å². The lowest BCUT2D eigenvalue weighted by molar-refractivity contribution is -0.114. The maximum Gasteiger partial charge on any atom is 0.408 e. The van der Waals surface area contributed by atoms with Crippen LogP contribution in [0.2, 0.25) is 0 Å². The number of hydrogen-bond donors (Lipinski definition) is 2. The highest BCUT2D eigenvalue weighted by molar-refractivity contribution is 6.21. The van der Waals surface area contributed by atoms with E-state index in [0.29, 0.717) is 24.6 Å². The van der Waals surface area contributed by atoms with E-state index in [1.807, 2.05) is 60.7 Å². The molecule has 0 radical (unpaired) electrons. The average Bonchev–Trinajstić information content (AvgIpc) is 3.09. The summed E-state index contributed by atoms with van der Waals surface area (Å²) in [4.78, 5) is 29.4. The van der Waals surface area contributed by atoms with Crippen LogP contribution in [0.3, 0.4) is 0 Å². The van der Waals surface area contributed by atoms with Crippen LogP contribution in [-0.4, -0.2) is 50.6 Å². The smallest absolute Gasteiger partial charge is 0.408 e. The van der Waals surface area contributed by atoms with E-state index in [2.05, 4.69) is 22.5 Å². The summed E-state index contributed by atoms with van der Waals surface area (Å²) >= 11 is 0. The summed E-state index contributed by atoms with van der Waals surface area (Å²) in [7, 11) is 3.30. The van der Waals surface area contributed by atoms with Crippen molar-refractivity contribution in [1.82, 2.24) is 5.32 Å². The topological polar surface area (TPSA) is 98.2 Å². The summed E-state index contributed by atoms with van der Waals surface area (Å²) in [6.07, 6.45) is -0.519. The fraction of sp³-hybridized carbons (Fsp3) is 0.303. The molecule has 4 rings (SSSR count). The van der Waals surface area contributed by atoms with Gasteiger partial charge < -0.3 is 24.8 Å². The van der Waals surface area contributed by atoms with Gasteiger partial charge in [-0.3, -0.25) is 9.79 Å². The molecule has 0 atom stereocenters. The van der Waals surface area contributed by atoms with Gasteiger partial charge in [0, 0.05) is 30.9 Å². The van der Waals surface area contributed by atoms with Crippen LogP contribution in [0.4, 0.5) is 10.5 Å². The number of alkyl carbamates (subject to hydrolysis) is 1.